The molecule has 1 aliphatic heterocycles. The molecule has 1 amide bonds. The normalized spacial score (nSPS) is 22.8. The van der Waals surface area contributed by atoms with E-state index in [4.69, 9.17) is 4.74 Å². The number of nitrogens with one attached hydrogen (secondary N) is 2. The second kappa shape index (κ2) is 5.05. The van der Waals surface area contributed by atoms with E-state index in [1.807, 2.05) is 30.5 Å². The lowest BCUT2D eigenvalue weighted by atomic mass is 10.0. The van der Waals surface area contributed by atoms with Gasteiger partial charge in [-0.05, 0) is 31.5 Å². The van der Waals surface area contributed by atoms with Gasteiger partial charge in [0, 0.05) is 41.7 Å². The molecule has 19 heavy (non-hydrogen) atoms. The van der Waals surface area contributed by atoms with Crippen LogP contribution in [0.5, 0.6) is 0 Å². The predicted octanol–water partition coefficient (Wildman–Crippen LogP) is 2.32. The summed E-state index contributed by atoms with van der Waals surface area (Å²) in [4.78, 5) is 15.4. The van der Waals surface area contributed by atoms with Crippen molar-refractivity contribution in [3.63, 3.8) is 0 Å². The van der Waals surface area contributed by atoms with Gasteiger partial charge in [-0.1, -0.05) is 6.07 Å². The Balaban J connectivity index is 1.71. The first kappa shape index (κ1) is 12.2. The smallest absolute Gasteiger partial charge is 0.251 e. The number of fused-ring (bicyclic) bond motifs is 1. The van der Waals surface area contributed by atoms with E-state index < -0.39 is 0 Å². The minimum Gasteiger partial charge on any atom is -0.378 e. The van der Waals surface area contributed by atoms with E-state index >= 15 is 0 Å². The third kappa shape index (κ3) is 2.36. The molecule has 0 saturated carbocycles. The number of amides is 1. The van der Waals surface area contributed by atoms with Crippen LogP contribution in [0.25, 0.3) is 10.9 Å². The quantitative estimate of drug-likeness (QED) is 0.887. The van der Waals surface area contributed by atoms with Crippen molar-refractivity contribution in [3.8, 4) is 0 Å². The molecule has 0 bridgehead atoms. The van der Waals surface area contributed by atoms with Crippen molar-refractivity contribution in [2.75, 3.05) is 13.2 Å². The Hall–Kier alpha value is -1.81. The molecule has 3 rings (SSSR count). The van der Waals surface area contributed by atoms with Crippen molar-refractivity contribution in [1.29, 1.82) is 0 Å². The first-order valence-electron chi connectivity index (χ1n) is 6.71. The number of aromatic nitrogens is 1. The summed E-state index contributed by atoms with van der Waals surface area (Å²) in [6.45, 7) is 3.55. The summed E-state index contributed by atoms with van der Waals surface area (Å²) in [5.74, 6) is 0.415. The first-order chi connectivity index (χ1) is 9.25. The van der Waals surface area contributed by atoms with Crippen LogP contribution in [0.2, 0.25) is 0 Å². The van der Waals surface area contributed by atoms with Gasteiger partial charge in [-0.25, -0.2) is 0 Å². The molecule has 0 spiro atoms. The predicted molar refractivity (Wildman–Crippen MR) is 74.2 cm³/mol. The third-order valence-corrected chi connectivity index (χ3v) is 3.90. The van der Waals surface area contributed by atoms with Crippen LogP contribution in [0.1, 0.15) is 23.7 Å². The standard InChI is InChI=1S/C15H18N2O2/c1-10-11(6-8-19-10)9-17-15(18)13-3-2-4-14-12(13)5-7-16-14/h2-5,7,10-11,16H,6,8-9H2,1H3,(H,17,18). The number of carbonyl (C=O) groups excluding carboxylic acids is 1. The molecule has 2 unspecified atom stereocenters. The molecule has 0 aliphatic carbocycles. The zero-order valence-corrected chi connectivity index (χ0v) is 11.0. The van der Waals surface area contributed by atoms with Gasteiger partial charge in [-0.15, -0.1) is 0 Å². The summed E-state index contributed by atoms with van der Waals surface area (Å²) in [7, 11) is 0. The third-order valence-electron chi connectivity index (χ3n) is 3.90. The van der Waals surface area contributed by atoms with Gasteiger partial charge in [-0.3, -0.25) is 4.79 Å². The van der Waals surface area contributed by atoms with Gasteiger partial charge < -0.3 is 15.0 Å². The zero-order chi connectivity index (χ0) is 13.2. The monoisotopic (exact) mass is 258 g/mol. The Labute approximate surface area is 112 Å². The lowest BCUT2D eigenvalue weighted by molar-refractivity contribution is 0.0909. The second-order valence-electron chi connectivity index (χ2n) is 5.08. The van der Waals surface area contributed by atoms with E-state index in [1.165, 1.54) is 0 Å². The maximum absolute atomic E-state index is 12.3. The topological polar surface area (TPSA) is 54.1 Å². The number of rotatable bonds is 3. The lowest BCUT2D eigenvalue weighted by Gasteiger charge is -2.15. The molecule has 1 saturated heterocycles. The highest BCUT2D eigenvalue weighted by molar-refractivity contribution is 6.06. The Morgan fingerprint density at radius 2 is 2.37 bits per heavy atom. The summed E-state index contributed by atoms with van der Waals surface area (Å²) in [5, 5.41) is 3.99. The average Bonchev–Trinajstić information content (AvgIpc) is 3.04. The van der Waals surface area contributed by atoms with E-state index in [0.29, 0.717) is 12.5 Å². The Kier molecular flexibility index (Phi) is 3.25. The Bertz CT molecular complexity index is 591. The summed E-state index contributed by atoms with van der Waals surface area (Å²) in [6, 6.07) is 7.67. The van der Waals surface area contributed by atoms with E-state index in [2.05, 4.69) is 17.2 Å². The SMILES string of the molecule is CC1OCCC1CNC(=O)c1cccc2[nH]ccc12. The van der Waals surface area contributed by atoms with Gasteiger partial charge in [0.1, 0.15) is 0 Å². The first-order valence-corrected chi connectivity index (χ1v) is 6.71. The van der Waals surface area contributed by atoms with Gasteiger partial charge in [0.15, 0.2) is 0 Å². The van der Waals surface area contributed by atoms with Gasteiger partial charge in [0.2, 0.25) is 0 Å². The zero-order valence-electron chi connectivity index (χ0n) is 11.0. The Morgan fingerprint density at radius 1 is 1.47 bits per heavy atom. The highest BCUT2D eigenvalue weighted by atomic mass is 16.5. The molecule has 1 aromatic heterocycles. The van der Waals surface area contributed by atoms with Crippen molar-refractivity contribution < 1.29 is 9.53 Å². The second-order valence-corrected chi connectivity index (χ2v) is 5.08. The number of ether oxygens (including phenoxy) is 1. The fraction of sp³-hybridized carbons (Fsp3) is 0.400. The van der Waals surface area contributed by atoms with E-state index in [-0.39, 0.29) is 12.0 Å². The number of hydrogen-bond acceptors (Lipinski definition) is 2. The van der Waals surface area contributed by atoms with Crippen LogP contribution in [0.15, 0.2) is 30.5 Å². The molecule has 1 aliphatic rings. The van der Waals surface area contributed by atoms with Crippen LogP contribution < -0.4 is 5.32 Å². The summed E-state index contributed by atoms with van der Waals surface area (Å²) in [5.41, 5.74) is 1.72. The molecule has 2 heterocycles. The molecule has 1 fully saturated rings. The van der Waals surface area contributed by atoms with Crippen LogP contribution >= 0.6 is 0 Å². The molecular weight excluding hydrogens is 240 g/mol. The molecule has 0 radical (unpaired) electrons. The van der Waals surface area contributed by atoms with Crippen LogP contribution in [0.4, 0.5) is 0 Å². The van der Waals surface area contributed by atoms with E-state index in [9.17, 15) is 4.79 Å². The molecule has 100 valence electrons. The number of benzene rings is 1. The molecule has 4 nitrogen and oxygen atoms in total. The van der Waals surface area contributed by atoms with Gasteiger partial charge in [0.25, 0.3) is 5.91 Å². The number of carbonyl (C=O) groups is 1. The van der Waals surface area contributed by atoms with E-state index in [1.54, 1.807) is 0 Å². The largest absolute Gasteiger partial charge is 0.378 e. The van der Waals surface area contributed by atoms with Crippen molar-refractivity contribution in [1.82, 2.24) is 10.3 Å². The maximum atomic E-state index is 12.3. The fourth-order valence-electron chi connectivity index (χ4n) is 2.65. The summed E-state index contributed by atoms with van der Waals surface area (Å²) < 4.78 is 5.50. The summed E-state index contributed by atoms with van der Waals surface area (Å²) >= 11 is 0. The number of H-pyrrole nitrogens is 1. The highest BCUT2D eigenvalue weighted by Crippen LogP contribution is 2.20. The molecule has 4 heteroatoms. The van der Waals surface area contributed by atoms with Crippen LogP contribution in [-0.2, 0) is 4.74 Å². The van der Waals surface area contributed by atoms with Gasteiger partial charge in [-0.2, -0.15) is 0 Å². The van der Waals surface area contributed by atoms with E-state index in [0.717, 1.165) is 29.5 Å². The number of hydrogen-bond donors (Lipinski definition) is 2. The molecule has 2 aromatic rings. The van der Waals surface area contributed by atoms with Crippen LogP contribution in [0, 0.1) is 5.92 Å². The molecule has 1 aromatic carbocycles. The maximum Gasteiger partial charge on any atom is 0.251 e. The van der Waals surface area contributed by atoms with Crippen molar-refractivity contribution in [2.24, 2.45) is 5.92 Å². The average molecular weight is 258 g/mol. The minimum atomic E-state index is -0.00991. The molecule has 2 N–H and O–H groups in total. The van der Waals surface area contributed by atoms with Gasteiger partial charge >= 0.3 is 0 Å². The van der Waals surface area contributed by atoms with Crippen molar-refractivity contribution >= 4 is 16.8 Å². The van der Waals surface area contributed by atoms with Gasteiger partial charge in [0.05, 0.1) is 6.10 Å². The minimum absolute atomic E-state index is 0.00991. The highest BCUT2D eigenvalue weighted by Gasteiger charge is 2.24. The molecule has 2 atom stereocenters. The number of aromatic amines is 1. The molecular formula is C15H18N2O2. The van der Waals surface area contributed by atoms with Crippen molar-refractivity contribution in [3.05, 3.63) is 36.0 Å². The van der Waals surface area contributed by atoms with Crippen LogP contribution in [0.3, 0.4) is 0 Å². The fourth-order valence-corrected chi connectivity index (χ4v) is 2.65. The van der Waals surface area contributed by atoms with Crippen molar-refractivity contribution in [2.45, 2.75) is 19.4 Å². The Morgan fingerprint density at radius 3 is 3.16 bits per heavy atom. The summed E-state index contributed by atoms with van der Waals surface area (Å²) in [6.07, 6.45) is 3.12. The lowest BCUT2D eigenvalue weighted by Crippen LogP contribution is -2.32. The van der Waals surface area contributed by atoms with Crippen LogP contribution in [-0.4, -0.2) is 30.1 Å².